The van der Waals surface area contributed by atoms with E-state index in [0.717, 1.165) is 25.8 Å². The molecule has 0 unspecified atom stereocenters. The molecule has 0 amide bonds. The molecule has 0 saturated heterocycles. The first-order valence-corrected chi connectivity index (χ1v) is 2.61. The summed E-state index contributed by atoms with van der Waals surface area (Å²) in [6, 6.07) is 0. The molecule has 7 heavy (non-hydrogen) atoms. The molecular formula is C5H12N2. The Bertz CT molecular complexity index is 43.3. The summed E-state index contributed by atoms with van der Waals surface area (Å²) in [6.07, 6.45) is 4.43. The van der Waals surface area contributed by atoms with Crippen molar-refractivity contribution in [3.63, 3.8) is 0 Å². The van der Waals surface area contributed by atoms with Gasteiger partial charge in [0.25, 0.3) is 0 Å². The highest BCUT2D eigenvalue weighted by Crippen LogP contribution is 1.87. The molecule has 0 aromatic heterocycles. The topological polar surface area (TPSA) is 49.9 Å². The summed E-state index contributed by atoms with van der Waals surface area (Å²) in [4.78, 5) is 0. The second-order valence-corrected chi connectivity index (χ2v) is 1.49. The molecule has 0 radical (unpaired) electrons. The maximum atomic E-state index is 6.62. The minimum atomic E-state index is 0.758. The van der Waals surface area contributed by atoms with Gasteiger partial charge in [0.2, 0.25) is 0 Å². The highest BCUT2D eigenvalue weighted by atomic mass is 14.5. The van der Waals surface area contributed by atoms with Crippen molar-refractivity contribution < 1.29 is 0 Å². The average molecular weight is 100 g/mol. The summed E-state index contributed by atoms with van der Waals surface area (Å²) in [5.41, 5.74) is 5.19. The summed E-state index contributed by atoms with van der Waals surface area (Å²) >= 11 is 0. The first-order valence-electron chi connectivity index (χ1n) is 2.61. The molecule has 0 aliphatic carbocycles. The minimum absolute atomic E-state index is 0.758. The Hall–Kier alpha value is -0.370. The summed E-state index contributed by atoms with van der Waals surface area (Å²) in [5.74, 6) is 0. The van der Waals surface area contributed by atoms with Crippen LogP contribution in [0.4, 0.5) is 0 Å². The van der Waals surface area contributed by atoms with Crippen LogP contribution in [0.15, 0.2) is 0 Å². The monoisotopic (exact) mass is 100 g/mol. The number of nitrogens with one attached hydrogen (secondary N) is 1. The number of unbranched alkanes of at least 4 members (excludes halogenated alkanes) is 2. The van der Waals surface area contributed by atoms with Gasteiger partial charge in [-0.2, -0.15) is 0 Å². The first-order chi connectivity index (χ1) is 3.41. The normalized spacial score (nSPS) is 8.71. The fourth-order valence-corrected chi connectivity index (χ4v) is 0.391. The SMILES string of the molecule is N=CCCCCN. The van der Waals surface area contributed by atoms with Gasteiger partial charge in [0, 0.05) is 0 Å². The lowest BCUT2D eigenvalue weighted by Crippen LogP contribution is -1.97. The third-order valence-corrected chi connectivity index (χ3v) is 0.803. The Morgan fingerprint density at radius 3 is 2.57 bits per heavy atom. The van der Waals surface area contributed by atoms with Gasteiger partial charge >= 0.3 is 0 Å². The van der Waals surface area contributed by atoms with E-state index in [1.54, 1.807) is 0 Å². The molecule has 3 N–H and O–H groups in total. The van der Waals surface area contributed by atoms with Crippen LogP contribution in [0.3, 0.4) is 0 Å². The first kappa shape index (κ1) is 6.63. The standard InChI is InChI=1S/C5H12N2/c6-4-2-1-3-5-7/h4,6H,1-3,5,7H2. The lowest BCUT2D eigenvalue weighted by atomic mass is 10.2. The van der Waals surface area contributed by atoms with E-state index in [1.807, 2.05) is 0 Å². The second kappa shape index (κ2) is 5.63. The molecule has 0 aliphatic rings. The lowest BCUT2D eigenvalue weighted by molar-refractivity contribution is 0.777. The van der Waals surface area contributed by atoms with E-state index in [0.29, 0.717) is 0 Å². The zero-order chi connectivity index (χ0) is 5.54. The average Bonchev–Trinajstić information content (AvgIpc) is 1.69. The van der Waals surface area contributed by atoms with E-state index in [1.165, 1.54) is 6.21 Å². The van der Waals surface area contributed by atoms with E-state index in [9.17, 15) is 0 Å². The van der Waals surface area contributed by atoms with Crippen molar-refractivity contribution >= 4 is 6.21 Å². The van der Waals surface area contributed by atoms with Gasteiger partial charge in [0.1, 0.15) is 0 Å². The number of nitrogens with two attached hydrogens (primary N) is 1. The molecule has 0 rings (SSSR count). The van der Waals surface area contributed by atoms with Crippen molar-refractivity contribution in [1.29, 1.82) is 5.41 Å². The second-order valence-electron chi connectivity index (χ2n) is 1.49. The van der Waals surface area contributed by atoms with Crippen LogP contribution in [0.1, 0.15) is 19.3 Å². The fraction of sp³-hybridized carbons (Fsp3) is 0.800. The third-order valence-electron chi connectivity index (χ3n) is 0.803. The predicted octanol–water partition coefficient (Wildman–Crippen LogP) is 0.765. The van der Waals surface area contributed by atoms with Gasteiger partial charge in [-0.15, -0.1) is 0 Å². The van der Waals surface area contributed by atoms with Crippen LogP contribution in [0.2, 0.25) is 0 Å². The van der Waals surface area contributed by atoms with Gasteiger partial charge < -0.3 is 11.1 Å². The zero-order valence-electron chi connectivity index (χ0n) is 4.48. The summed E-state index contributed by atoms with van der Waals surface area (Å²) < 4.78 is 0. The van der Waals surface area contributed by atoms with E-state index in [-0.39, 0.29) is 0 Å². The maximum Gasteiger partial charge on any atom is -0.00477 e. The molecular weight excluding hydrogens is 88.1 g/mol. The highest BCUT2D eigenvalue weighted by molar-refractivity contribution is 5.52. The van der Waals surface area contributed by atoms with Crippen LogP contribution in [0.5, 0.6) is 0 Å². The summed E-state index contributed by atoms with van der Waals surface area (Å²) in [5, 5.41) is 6.62. The van der Waals surface area contributed by atoms with Crippen LogP contribution in [-0.2, 0) is 0 Å². The van der Waals surface area contributed by atoms with Crippen molar-refractivity contribution in [1.82, 2.24) is 0 Å². The van der Waals surface area contributed by atoms with Crippen LogP contribution in [0.25, 0.3) is 0 Å². The molecule has 2 heteroatoms. The van der Waals surface area contributed by atoms with Crippen LogP contribution in [-0.4, -0.2) is 12.8 Å². The number of hydrogen-bond donors (Lipinski definition) is 2. The number of hydrogen-bond acceptors (Lipinski definition) is 2. The van der Waals surface area contributed by atoms with E-state index >= 15 is 0 Å². The lowest BCUT2D eigenvalue weighted by Gasteiger charge is -1.87. The third kappa shape index (κ3) is 5.63. The smallest absolute Gasteiger partial charge is 0.00477 e. The molecule has 0 aromatic carbocycles. The molecule has 0 aromatic rings. The van der Waals surface area contributed by atoms with Gasteiger partial charge in [-0.1, -0.05) is 0 Å². The van der Waals surface area contributed by atoms with Crippen LogP contribution in [0, 0.1) is 5.41 Å². The fourth-order valence-electron chi connectivity index (χ4n) is 0.391. The maximum absolute atomic E-state index is 6.62. The van der Waals surface area contributed by atoms with E-state index < -0.39 is 0 Å². The molecule has 0 bridgehead atoms. The van der Waals surface area contributed by atoms with E-state index in [4.69, 9.17) is 11.1 Å². The predicted molar refractivity (Wildman–Crippen MR) is 31.7 cm³/mol. The van der Waals surface area contributed by atoms with Gasteiger partial charge in [-0.3, -0.25) is 0 Å². The quantitative estimate of drug-likeness (QED) is 0.398. The Kier molecular flexibility index (Phi) is 5.33. The van der Waals surface area contributed by atoms with Crippen molar-refractivity contribution in [3.05, 3.63) is 0 Å². The Morgan fingerprint density at radius 2 is 2.14 bits per heavy atom. The van der Waals surface area contributed by atoms with Crippen LogP contribution < -0.4 is 5.73 Å². The van der Waals surface area contributed by atoms with Crippen molar-refractivity contribution in [2.45, 2.75) is 19.3 Å². The molecule has 2 nitrogen and oxygen atoms in total. The Labute approximate surface area is 44.2 Å². The van der Waals surface area contributed by atoms with Gasteiger partial charge in [0.15, 0.2) is 0 Å². The number of rotatable bonds is 4. The molecule has 42 valence electrons. The molecule has 0 fully saturated rings. The molecule has 0 saturated carbocycles. The molecule has 0 heterocycles. The van der Waals surface area contributed by atoms with Crippen molar-refractivity contribution in [3.8, 4) is 0 Å². The van der Waals surface area contributed by atoms with E-state index in [2.05, 4.69) is 0 Å². The van der Waals surface area contributed by atoms with Gasteiger partial charge in [0.05, 0.1) is 0 Å². The summed E-state index contributed by atoms with van der Waals surface area (Å²) in [7, 11) is 0. The largest absolute Gasteiger partial charge is 0.330 e. The minimum Gasteiger partial charge on any atom is -0.330 e. The molecule has 0 spiro atoms. The van der Waals surface area contributed by atoms with Crippen molar-refractivity contribution in [2.75, 3.05) is 6.54 Å². The molecule has 0 aliphatic heterocycles. The van der Waals surface area contributed by atoms with Crippen molar-refractivity contribution in [2.24, 2.45) is 5.73 Å². The van der Waals surface area contributed by atoms with Gasteiger partial charge in [-0.05, 0) is 32.0 Å². The highest BCUT2D eigenvalue weighted by Gasteiger charge is 1.78. The Balaban J connectivity index is 2.56. The molecule has 0 atom stereocenters. The Morgan fingerprint density at radius 1 is 1.43 bits per heavy atom. The zero-order valence-corrected chi connectivity index (χ0v) is 4.48. The van der Waals surface area contributed by atoms with Crippen LogP contribution >= 0.6 is 0 Å². The van der Waals surface area contributed by atoms with Gasteiger partial charge in [-0.25, -0.2) is 0 Å². The summed E-state index contributed by atoms with van der Waals surface area (Å²) in [6.45, 7) is 0.758.